The maximum atomic E-state index is 13.4. The Bertz CT molecular complexity index is 1030. The average Bonchev–Trinajstić information content (AvgIpc) is 3.15. The first-order chi connectivity index (χ1) is 14.4. The number of ether oxygens (including phenoxy) is 2. The van der Waals surface area contributed by atoms with Gasteiger partial charge in [-0.25, -0.2) is 9.07 Å². The van der Waals surface area contributed by atoms with Crippen molar-refractivity contribution in [3.63, 3.8) is 0 Å². The van der Waals surface area contributed by atoms with Gasteiger partial charge in [0.15, 0.2) is 0 Å². The minimum Gasteiger partial charge on any atom is -0.497 e. The van der Waals surface area contributed by atoms with E-state index in [1.54, 1.807) is 26.4 Å². The lowest BCUT2D eigenvalue weighted by molar-refractivity contribution is 0.252. The van der Waals surface area contributed by atoms with Gasteiger partial charge in [-0.3, -0.25) is 0 Å². The van der Waals surface area contributed by atoms with Crippen LogP contribution in [0.3, 0.4) is 0 Å². The van der Waals surface area contributed by atoms with E-state index in [2.05, 4.69) is 24.3 Å². The standard InChI is InChI=1S/C24H28FN3O2/c1-24(2)12-21(26-14-16-5-10-19(29-3)11-23(16)30-4)20-15-27-28(22(20)13-24)18-8-6-17(25)7-9-18/h5-11,15,21,26H,12-14H2,1-4H3/t21-/m0/s1. The van der Waals surface area contributed by atoms with Crippen molar-refractivity contribution in [3.8, 4) is 17.2 Å². The van der Waals surface area contributed by atoms with Crippen LogP contribution in [0.2, 0.25) is 0 Å². The molecule has 0 fully saturated rings. The van der Waals surface area contributed by atoms with Gasteiger partial charge in [0.05, 0.1) is 26.1 Å². The molecule has 0 saturated carbocycles. The molecule has 1 aromatic heterocycles. The van der Waals surface area contributed by atoms with Crippen LogP contribution in [0.15, 0.2) is 48.7 Å². The topological polar surface area (TPSA) is 48.3 Å². The zero-order valence-corrected chi connectivity index (χ0v) is 17.9. The predicted octanol–water partition coefficient (Wildman–Crippen LogP) is 4.83. The summed E-state index contributed by atoms with van der Waals surface area (Å²) in [7, 11) is 3.32. The Morgan fingerprint density at radius 1 is 1.13 bits per heavy atom. The molecule has 0 unspecified atom stereocenters. The van der Waals surface area contributed by atoms with Crippen LogP contribution in [0.5, 0.6) is 11.5 Å². The molecule has 1 atom stereocenters. The number of rotatable bonds is 6. The minimum absolute atomic E-state index is 0.118. The average molecular weight is 410 g/mol. The maximum absolute atomic E-state index is 13.4. The molecule has 5 nitrogen and oxygen atoms in total. The smallest absolute Gasteiger partial charge is 0.127 e. The fourth-order valence-electron chi connectivity index (χ4n) is 4.26. The molecule has 1 N–H and O–H groups in total. The number of nitrogens with one attached hydrogen (secondary N) is 1. The van der Waals surface area contributed by atoms with E-state index in [4.69, 9.17) is 9.47 Å². The minimum atomic E-state index is -0.243. The molecule has 0 spiro atoms. The van der Waals surface area contributed by atoms with Gasteiger partial charge in [0.2, 0.25) is 0 Å². The molecule has 6 heteroatoms. The van der Waals surface area contributed by atoms with Crippen LogP contribution >= 0.6 is 0 Å². The molecular weight excluding hydrogens is 381 g/mol. The molecule has 0 saturated heterocycles. The molecular formula is C24H28FN3O2. The predicted molar refractivity (Wildman–Crippen MR) is 115 cm³/mol. The van der Waals surface area contributed by atoms with Gasteiger partial charge >= 0.3 is 0 Å². The molecule has 1 aliphatic rings. The summed E-state index contributed by atoms with van der Waals surface area (Å²) in [6, 6.07) is 12.5. The van der Waals surface area contributed by atoms with Gasteiger partial charge in [0.25, 0.3) is 0 Å². The molecule has 3 aromatic rings. The first-order valence-electron chi connectivity index (χ1n) is 10.2. The maximum Gasteiger partial charge on any atom is 0.127 e. The summed E-state index contributed by atoms with van der Waals surface area (Å²) in [6.45, 7) is 5.23. The third kappa shape index (κ3) is 4.05. The zero-order valence-electron chi connectivity index (χ0n) is 17.9. The zero-order chi connectivity index (χ0) is 21.3. The number of hydrogen-bond donors (Lipinski definition) is 1. The SMILES string of the molecule is COc1ccc(CN[C@H]2CC(C)(C)Cc3c2cnn3-c2ccc(F)cc2)c(OC)c1. The van der Waals surface area contributed by atoms with Crippen molar-refractivity contribution in [1.29, 1.82) is 0 Å². The number of methoxy groups -OCH3 is 2. The van der Waals surface area contributed by atoms with Crippen LogP contribution < -0.4 is 14.8 Å². The number of halogens is 1. The summed E-state index contributed by atoms with van der Waals surface area (Å²) in [5, 5.41) is 8.34. The van der Waals surface area contributed by atoms with Crippen molar-refractivity contribution >= 4 is 0 Å². The highest BCUT2D eigenvalue weighted by molar-refractivity contribution is 5.41. The van der Waals surface area contributed by atoms with Crippen molar-refractivity contribution < 1.29 is 13.9 Å². The largest absolute Gasteiger partial charge is 0.497 e. The second-order valence-electron chi connectivity index (χ2n) is 8.59. The molecule has 0 aliphatic heterocycles. The molecule has 0 bridgehead atoms. The van der Waals surface area contributed by atoms with Crippen LogP contribution in [0.1, 0.15) is 43.1 Å². The quantitative estimate of drug-likeness (QED) is 0.633. The van der Waals surface area contributed by atoms with Crippen molar-refractivity contribution in [2.45, 2.75) is 39.3 Å². The van der Waals surface area contributed by atoms with Gasteiger partial charge in [-0.2, -0.15) is 5.10 Å². The van der Waals surface area contributed by atoms with E-state index in [0.717, 1.165) is 35.6 Å². The lowest BCUT2D eigenvalue weighted by Gasteiger charge is -2.36. The van der Waals surface area contributed by atoms with Gasteiger partial charge in [0.1, 0.15) is 17.3 Å². The molecule has 0 amide bonds. The summed E-state index contributed by atoms with van der Waals surface area (Å²) in [4.78, 5) is 0. The van der Waals surface area contributed by atoms with E-state index in [1.807, 2.05) is 29.1 Å². The van der Waals surface area contributed by atoms with E-state index in [1.165, 1.54) is 23.4 Å². The fourth-order valence-corrected chi connectivity index (χ4v) is 4.26. The highest BCUT2D eigenvalue weighted by Crippen LogP contribution is 2.41. The normalized spacial score (nSPS) is 17.4. The number of aromatic nitrogens is 2. The third-order valence-corrected chi connectivity index (χ3v) is 5.78. The van der Waals surface area contributed by atoms with Crippen LogP contribution in [0.25, 0.3) is 5.69 Å². The Labute approximate surface area is 176 Å². The summed E-state index contributed by atoms with van der Waals surface area (Å²) in [6.07, 6.45) is 3.87. The fraction of sp³-hybridized carbons (Fsp3) is 0.375. The van der Waals surface area contributed by atoms with Crippen LogP contribution in [0.4, 0.5) is 4.39 Å². The molecule has 2 aromatic carbocycles. The van der Waals surface area contributed by atoms with Crippen molar-refractivity contribution in [2.24, 2.45) is 5.41 Å². The van der Waals surface area contributed by atoms with E-state index in [-0.39, 0.29) is 17.3 Å². The molecule has 4 rings (SSSR count). The van der Waals surface area contributed by atoms with E-state index in [9.17, 15) is 4.39 Å². The Balaban J connectivity index is 1.61. The van der Waals surface area contributed by atoms with Gasteiger partial charge in [0, 0.05) is 35.5 Å². The molecule has 158 valence electrons. The van der Waals surface area contributed by atoms with Gasteiger partial charge in [-0.15, -0.1) is 0 Å². The molecule has 0 radical (unpaired) electrons. The number of nitrogens with zero attached hydrogens (tertiary/aromatic N) is 2. The van der Waals surface area contributed by atoms with Crippen molar-refractivity contribution in [3.05, 3.63) is 71.3 Å². The van der Waals surface area contributed by atoms with Gasteiger partial charge in [-0.05, 0) is 48.6 Å². The second kappa shape index (κ2) is 8.11. The van der Waals surface area contributed by atoms with Crippen LogP contribution in [-0.4, -0.2) is 24.0 Å². The second-order valence-corrected chi connectivity index (χ2v) is 8.59. The van der Waals surface area contributed by atoms with Crippen LogP contribution in [-0.2, 0) is 13.0 Å². The summed E-state index contributed by atoms with van der Waals surface area (Å²) >= 11 is 0. The Morgan fingerprint density at radius 3 is 2.60 bits per heavy atom. The molecule has 30 heavy (non-hydrogen) atoms. The Hall–Kier alpha value is -2.86. The van der Waals surface area contributed by atoms with E-state index >= 15 is 0 Å². The number of fused-ring (bicyclic) bond motifs is 1. The van der Waals surface area contributed by atoms with Gasteiger partial charge in [-0.1, -0.05) is 19.9 Å². The summed E-state index contributed by atoms with van der Waals surface area (Å²) in [5.74, 6) is 1.34. The number of hydrogen-bond acceptors (Lipinski definition) is 4. The Morgan fingerprint density at radius 2 is 1.90 bits per heavy atom. The number of benzene rings is 2. The van der Waals surface area contributed by atoms with Crippen molar-refractivity contribution in [2.75, 3.05) is 14.2 Å². The first-order valence-corrected chi connectivity index (χ1v) is 10.2. The first kappa shape index (κ1) is 20.4. The summed E-state index contributed by atoms with van der Waals surface area (Å²) < 4.78 is 26.1. The van der Waals surface area contributed by atoms with E-state index < -0.39 is 0 Å². The monoisotopic (exact) mass is 409 g/mol. The lowest BCUT2D eigenvalue weighted by atomic mass is 9.74. The highest BCUT2D eigenvalue weighted by Gasteiger charge is 2.35. The molecule has 1 heterocycles. The lowest BCUT2D eigenvalue weighted by Crippen LogP contribution is -2.33. The highest BCUT2D eigenvalue weighted by atomic mass is 19.1. The Kier molecular flexibility index (Phi) is 5.52. The molecule has 1 aliphatic carbocycles. The van der Waals surface area contributed by atoms with E-state index in [0.29, 0.717) is 6.54 Å². The van der Waals surface area contributed by atoms with Crippen LogP contribution in [0, 0.1) is 11.2 Å². The van der Waals surface area contributed by atoms with Gasteiger partial charge < -0.3 is 14.8 Å². The summed E-state index contributed by atoms with van der Waals surface area (Å²) in [5.41, 5.74) is 4.45. The van der Waals surface area contributed by atoms with Crippen molar-refractivity contribution in [1.82, 2.24) is 15.1 Å². The third-order valence-electron chi connectivity index (χ3n) is 5.78.